The maximum absolute atomic E-state index is 11.4. The van der Waals surface area contributed by atoms with E-state index < -0.39 is 36.2 Å². The number of methoxy groups -OCH3 is 2. The van der Waals surface area contributed by atoms with Crippen LogP contribution in [0.3, 0.4) is 0 Å². The molecule has 0 aromatic heterocycles. The predicted molar refractivity (Wildman–Crippen MR) is 59.9 cm³/mol. The van der Waals surface area contributed by atoms with Crippen molar-refractivity contribution in [3.63, 3.8) is 0 Å². The molecule has 0 rings (SSSR count). The lowest BCUT2D eigenvalue weighted by molar-refractivity contribution is -0.150. The van der Waals surface area contributed by atoms with Crippen molar-refractivity contribution in [3.8, 4) is 0 Å². The van der Waals surface area contributed by atoms with Crippen molar-refractivity contribution in [2.75, 3.05) is 27.4 Å². The Morgan fingerprint density at radius 2 is 1.22 bits per heavy atom. The zero-order valence-corrected chi connectivity index (χ0v) is 10.8. The summed E-state index contributed by atoms with van der Waals surface area (Å²) in [6, 6.07) is 0. The van der Waals surface area contributed by atoms with E-state index in [-0.39, 0.29) is 0 Å². The molecule has 0 saturated carbocycles. The normalized spacial score (nSPS) is 17.9. The molecule has 8 heteroatoms. The number of esters is 2. The Morgan fingerprint density at radius 1 is 0.944 bits per heavy atom. The molecular weight excluding hydrogens is 244 g/mol. The van der Waals surface area contributed by atoms with Gasteiger partial charge in [-0.15, -0.1) is 0 Å². The minimum atomic E-state index is -1.63. The monoisotopic (exact) mass is 262 g/mol. The minimum Gasteiger partial charge on any atom is -0.467 e. The van der Waals surface area contributed by atoms with Gasteiger partial charge in [0.25, 0.3) is 0 Å². The highest BCUT2D eigenvalue weighted by Crippen LogP contribution is 2.18. The Bertz CT molecular complexity index is 313. The summed E-state index contributed by atoms with van der Waals surface area (Å²) in [4.78, 5) is 22.8. The van der Waals surface area contributed by atoms with Crippen molar-refractivity contribution >= 4 is 11.9 Å². The van der Waals surface area contributed by atoms with Crippen LogP contribution in [0.1, 0.15) is 13.8 Å². The van der Waals surface area contributed by atoms with E-state index in [2.05, 4.69) is 19.7 Å². The van der Waals surface area contributed by atoms with Gasteiger partial charge < -0.3 is 19.7 Å². The Labute approximate surface area is 105 Å². The summed E-state index contributed by atoms with van der Waals surface area (Å²) >= 11 is 0. The van der Waals surface area contributed by atoms with Gasteiger partial charge >= 0.3 is 11.9 Å². The SMILES string of the molecule is COC(=O)C(C)(CO)N=NC(C)(CO)C(=O)OC. The van der Waals surface area contributed by atoms with E-state index in [1.165, 1.54) is 13.8 Å². The first-order valence-corrected chi connectivity index (χ1v) is 5.12. The standard InChI is InChI=1S/C10H18N2O6/c1-9(5-13,7(15)17-3)11-12-10(2,6-14)8(16)18-4/h13-14H,5-6H2,1-4H3. The third kappa shape index (κ3) is 3.47. The van der Waals surface area contributed by atoms with Gasteiger partial charge in [0.15, 0.2) is 11.1 Å². The lowest BCUT2D eigenvalue weighted by atomic mass is 10.0. The zero-order chi connectivity index (χ0) is 14.4. The van der Waals surface area contributed by atoms with Gasteiger partial charge in [0.1, 0.15) is 0 Å². The van der Waals surface area contributed by atoms with Crippen LogP contribution < -0.4 is 0 Å². The minimum absolute atomic E-state index is 0.647. The quantitative estimate of drug-likeness (QED) is 0.482. The summed E-state index contributed by atoms with van der Waals surface area (Å²) in [6.45, 7) is 1.28. The second-order valence-electron chi connectivity index (χ2n) is 4.05. The number of azo groups is 1. The molecule has 0 aliphatic carbocycles. The first kappa shape index (κ1) is 16.5. The average Bonchev–Trinajstić information content (AvgIpc) is 2.42. The second kappa shape index (κ2) is 6.41. The topological polar surface area (TPSA) is 118 Å². The van der Waals surface area contributed by atoms with Gasteiger partial charge in [-0.05, 0) is 13.8 Å². The molecule has 0 radical (unpaired) electrons. The summed E-state index contributed by atoms with van der Waals surface area (Å²) in [5.41, 5.74) is -3.25. The fraction of sp³-hybridized carbons (Fsp3) is 0.800. The van der Waals surface area contributed by atoms with Crippen LogP contribution in [-0.2, 0) is 19.1 Å². The molecule has 0 aliphatic heterocycles. The van der Waals surface area contributed by atoms with Crippen LogP contribution in [0.25, 0.3) is 0 Å². The van der Waals surface area contributed by atoms with Crippen molar-refractivity contribution in [2.24, 2.45) is 10.2 Å². The highest BCUT2D eigenvalue weighted by molar-refractivity contribution is 5.81. The average molecular weight is 262 g/mol. The Morgan fingerprint density at radius 3 is 1.39 bits per heavy atom. The molecule has 0 saturated heterocycles. The molecule has 0 heterocycles. The van der Waals surface area contributed by atoms with Gasteiger partial charge in [-0.1, -0.05) is 0 Å². The van der Waals surface area contributed by atoms with Crippen LogP contribution in [0.5, 0.6) is 0 Å². The van der Waals surface area contributed by atoms with E-state index in [0.29, 0.717) is 0 Å². The molecule has 0 bridgehead atoms. The van der Waals surface area contributed by atoms with Crippen molar-refractivity contribution in [1.82, 2.24) is 0 Å². The number of hydrogen-bond donors (Lipinski definition) is 2. The number of hydrogen-bond acceptors (Lipinski definition) is 8. The molecule has 0 amide bonds. The van der Waals surface area contributed by atoms with Gasteiger partial charge in [-0.2, -0.15) is 10.2 Å². The van der Waals surface area contributed by atoms with E-state index in [4.69, 9.17) is 10.2 Å². The smallest absolute Gasteiger partial charge is 0.337 e. The summed E-state index contributed by atoms with van der Waals surface area (Å²) in [6.07, 6.45) is 0. The molecule has 0 spiro atoms. The third-order valence-electron chi connectivity index (χ3n) is 2.36. The van der Waals surface area contributed by atoms with Crippen molar-refractivity contribution in [2.45, 2.75) is 24.9 Å². The highest BCUT2D eigenvalue weighted by atomic mass is 16.5. The zero-order valence-electron chi connectivity index (χ0n) is 10.8. The Kier molecular flexibility index (Phi) is 5.86. The number of aliphatic hydroxyl groups is 2. The number of carbonyl (C=O) groups excluding carboxylic acids is 2. The second-order valence-corrected chi connectivity index (χ2v) is 4.05. The van der Waals surface area contributed by atoms with E-state index >= 15 is 0 Å². The fourth-order valence-electron chi connectivity index (χ4n) is 0.934. The lowest BCUT2D eigenvalue weighted by Crippen LogP contribution is -2.42. The van der Waals surface area contributed by atoms with Crippen molar-refractivity contribution < 1.29 is 29.3 Å². The van der Waals surface area contributed by atoms with Crippen molar-refractivity contribution in [3.05, 3.63) is 0 Å². The van der Waals surface area contributed by atoms with E-state index in [1.807, 2.05) is 0 Å². The molecular formula is C10H18N2O6. The molecule has 0 aromatic rings. The molecule has 2 unspecified atom stereocenters. The summed E-state index contributed by atoms with van der Waals surface area (Å²) in [5.74, 6) is -1.61. The molecule has 0 aliphatic rings. The summed E-state index contributed by atoms with van der Waals surface area (Å²) < 4.78 is 8.92. The fourth-order valence-corrected chi connectivity index (χ4v) is 0.934. The molecule has 8 nitrogen and oxygen atoms in total. The Balaban J connectivity index is 5.20. The largest absolute Gasteiger partial charge is 0.467 e. The summed E-state index contributed by atoms with van der Waals surface area (Å²) in [5, 5.41) is 25.4. The highest BCUT2D eigenvalue weighted by Gasteiger charge is 2.38. The summed E-state index contributed by atoms with van der Waals surface area (Å²) in [7, 11) is 2.27. The predicted octanol–water partition coefficient (Wildman–Crippen LogP) is -0.713. The number of carbonyl (C=O) groups is 2. The maximum Gasteiger partial charge on any atom is 0.337 e. The van der Waals surface area contributed by atoms with Crippen molar-refractivity contribution in [1.29, 1.82) is 0 Å². The van der Waals surface area contributed by atoms with E-state index in [9.17, 15) is 9.59 Å². The van der Waals surface area contributed by atoms with Gasteiger partial charge in [0.05, 0.1) is 27.4 Å². The number of ether oxygens (including phenoxy) is 2. The van der Waals surface area contributed by atoms with Gasteiger partial charge in [0, 0.05) is 0 Å². The molecule has 2 atom stereocenters. The van der Waals surface area contributed by atoms with Gasteiger partial charge in [-0.25, -0.2) is 9.59 Å². The van der Waals surface area contributed by atoms with Crippen LogP contribution in [0.15, 0.2) is 10.2 Å². The third-order valence-corrected chi connectivity index (χ3v) is 2.36. The van der Waals surface area contributed by atoms with Crippen LogP contribution in [0, 0.1) is 0 Å². The maximum atomic E-state index is 11.4. The van der Waals surface area contributed by atoms with Crippen LogP contribution >= 0.6 is 0 Å². The number of rotatable bonds is 6. The number of nitrogens with zero attached hydrogens (tertiary/aromatic N) is 2. The Hall–Kier alpha value is -1.54. The molecule has 2 N–H and O–H groups in total. The van der Waals surface area contributed by atoms with Gasteiger partial charge in [-0.3, -0.25) is 0 Å². The number of aliphatic hydroxyl groups excluding tert-OH is 2. The van der Waals surface area contributed by atoms with Gasteiger partial charge in [0.2, 0.25) is 0 Å². The molecule has 0 aromatic carbocycles. The van der Waals surface area contributed by atoms with Crippen LogP contribution in [0.2, 0.25) is 0 Å². The van der Waals surface area contributed by atoms with Crippen LogP contribution in [-0.4, -0.2) is 60.7 Å². The molecule has 18 heavy (non-hydrogen) atoms. The first-order valence-electron chi connectivity index (χ1n) is 5.12. The molecule has 0 fully saturated rings. The van der Waals surface area contributed by atoms with Crippen LogP contribution in [0.4, 0.5) is 0 Å². The first-order chi connectivity index (χ1) is 8.29. The van der Waals surface area contributed by atoms with E-state index in [1.54, 1.807) is 0 Å². The molecule has 104 valence electrons. The lowest BCUT2D eigenvalue weighted by Gasteiger charge is -2.22. The van der Waals surface area contributed by atoms with E-state index in [0.717, 1.165) is 14.2 Å².